The van der Waals surface area contributed by atoms with Crippen LogP contribution in [-0.4, -0.2) is 56.4 Å². The molecule has 0 atom stereocenters. The van der Waals surface area contributed by atoms with Crippen LogP contribution in [0, 0.1) is 0 Å². The lowest BCUT2D eigenvalue weighted by Crippen LogP contribution is -2.53. The molecule has 0 spiro atoms. The number of unbranched alkanes of at least 4 members (excludes halogenated alkanes) is 1. The van der Waals surface area contributed by atoms with E-state index in [9.17, 15) is 13.2 Å². The topological polar surface area (TPSA) is 69.7 Å². The van der Waals surface area contributed by atoms with Crippen LogP contribution in [0.2, 0.25) is 10.0 Å². The SMILES string of the molecule is CCCCNC(=O)N1CCN(S(=O)(=O)c2cc(Cl)ccc2Cl)CC1. The van der Waals surface area contributed by atoms with Gasteiger partial charge in [0.25, 0.3) is 0 Å². The molecule has 1 aromatic carbocycles. The summed E-state index contributed by atoms with van der Waals surface area (Å²) in [5.74, 6) is 0. The van der Waals surface area contributed by atoms with E-state index in [0.717, 1.165) is 12.8 Å². The number of sulfonamides is 1. The highest BCUT2D eigenvalue weighted by Crippen LogP contribution is 2.28. The lowest BCUT2D eigenvalue weighted by Gasteiger charge is -2.34. The number of carbonyl (C=O) groups is 1. The highest BCUT2D eigenvalue weighted by molar-refractivity contribution is 7.89. The van der Waals surface area contributed by atoms with Crippen LogP contribution >= 0.6 is 23.2 Å². The molecule has 24 heavy (non-hydrogen) atoms. The van der Waals surface area contributed by atoms with Crippen molar-refractivity contribution in [1.29, 1.82) is 0 Å². The Bertz CT molecular complexity index is 689. The molecule has 0 radical (unpaired) electrons. The van der Waals surface area contributed by atoms with Crippen molar-refractivity contribution in [2.75, 3.05) is 32.7 Å². The predicted octanol–water partition coefficient (Wildman–Crippen LogP) is 2.81. The Labute approximate surface area is 152 Å². The molecule has 1 fully saturated rings. The number of amides is 2. The van der Waals surface area contributed by atoms with Gasteiger partial charge in [0.1, 0.15) is 4.90 Å². The van der Waals surface area contributed by atoms with Gasteiger partial charge >= 0.3 is 6.03 Å². The molecule has 1 N–H and O–H groups in total. The van der Waals surface area contributed by atoms with Gasteiger partial charge in [-0.1, -0.05) is 36.5 Å². The number of piperazine rings is 1. The van der Waals surface area contributed by atoms with E-state index in [1.165, 1.54) is 16.4 Å². The van der Waals surface area contributed by atoms with E-state index in [4.69, 9.17) is 23.2 Å². The minimum atomic E-state index is -3.73. The van der Waals surface area contributed by atoms with Crippen molar-refractivity contribution in [2.45, 2.75) is 24.7 Å². The average Bonchev–Trinajstić information content (AvgIpc) is 2.57. The number of hydrogen-bond donors (Lipinski definition) is 1. The van der Waals surface area contributed by atoms with Crippen LogP contribution in [0.15, 0.2) is 23.1 Å². The summed E-state index contributed by atoms with van der Waals surface area (Å²) >= 11 is 11.9. The number of carbonyl (C=O) groups excluding carboxylic acids is 1. The molecule has 1 aromatic rings. The summed E-state index contributed by atoms with van der Waals surface area (Å²) in [5.41, 5.74) is 0. The summed E-state index contributed by atoms with van der Waals surface area (Å²) in [4.78, 5) is 13.6. The Balaban J connectivity index is 2.01. The average molecular weight is 394 g/mol. The zero-order chi connectivity index (χ0) is 17.7. The van der Waals surface area contributed by atoms with E-state index < -0.39 is 10.0 Å². The summed E-state index contributed by atoms with van der Waals surface area (Å²) in [6, 6.07) is 4.21. The highest BCUT2D eigenvalue weighted by atomic mass is 35.5. The van der Waals surface area contributed by atoms with Crippen LogP contribution in [0.1, 0.15) is 19.8 Å². The monoisotopic (exact) mass is 393 g/mol. The summed E-state index contributed by atoms with van der Waals surface area (Å²) in [6.45, 7) is 3.83. The van der Waals surface area contributed by atoms with Crippen molar-refractivity contribution in [3.63, 3.8) is 0 Å². The normalized spacial score (nSPS) is 16.2. The zero-order valence-electron chi connectivity index (χ0n) is 13.5. The van der Waals surface area contributed by atoms with Crippen LogP contribution in [0.25, 0.3) is 0 Å². The molecule has 0 aromatic heterocycles. The number of hydrogen-bond acceptors (Lipinski definition) is 3. The van der Waals surface area contributed by atoms with Crippen LogP contribution < -0.4 is 5.32 Å². The largest absolute Gasteiger partial charge is 0.338 e. The summed E-state index contributed by atoms with van der Waals surface area (Å²) in [7, 11) is -3.73. The first-order valence-corrected chi connectivity index (χ1v) is 10.0. The molecule has 1 aliphatic heterocycles. The molecule has 0 bridgehead atoms. The molecule has 2 amide bonds. The summed E-state index contributed by atoms with van der Waals surface area (Å²) < 4.78 is 26.8. The van der Waals surface area contributed by atoms with E-state index in [-0.39, 0.29) is 29.0 Å². The van der Waals surface area contributed by atoms with Crippen LogP contribution in [0.4, 0.5) is 4.79 Å². The van der Waals surface area contributed by atoms with Gasteiger partial charge in [-0.2, -0.15) is 4.31 Å². The third kappa shape index (κ3) is 4.53. The van der Waals surface area contributed by atoms with Crippen LogP contribution in [0.5, 0.6) is 0 Å². The summed E-state index contributed by atoms with van der Waals surface area (Å²) in [6.07, 6.45) is 1.93. The summed E-state index contributed by atoms with van der Waals surface area (Å²) in [5, 5.41) is 3.29. The van der Waals surface area contributed by atoms with Gasteiger partial charge in [-0.05, 0) is 24.6 Å². The molecular formula is C15H21Cl2N3O3S. The van der Waals surface area contributed by atoms with Crippen LogP contribution in [-0.2, 0) is 10.0 Å². The van der Waals surface area contributed by atoms with Crippen LogP contribution in [0.3, 0.4) is 0 Å². The lowest BCUT2D eigenvalue weighted by atomic mass is 10.3. The first kappa shape index (κ1) is 19.3. The molecule has 0 unspecified atom stereocenters. The highest BCUT2D eigenvalue weighted by Gasteiger charge is 2.31. The van der Waals surface area contributed by atoms with Crippen molar-refractivity contribution < 1.29 is 13.2 Å². The molecule has 134 valence electrons. The molecule has 1 heterocycles. The number of urea groups is 1. The maximum absolute atomic E-state index is 12.7. The number of nitrogens with zero attached hydrogens (tertiary/aromatic N) is 2. The molecule has 6 nitrogen and oxygen atoms in total. The van der Waals surface area contributed by atoms with E-state index in [1.54, 1.807) is 11.0 Å². The second-order valence-electron chi connectivity index (χ2n) is 5.55. The Morgan fingerprint density at radius 3 is 2.50 bits per heavy atom. The van der Waals surface area contributed by atoms with Gasteiger partial charge < -0.3 is 10.2 Å². The van der Waals surface area contributed by atoms with E-state index in [2.05, 4.69) is 12.2 Å². The van der Waals surface area contributed by atoms with Crippen molar-refractivity contribution >= 4 is 39.3 Å². The Morgan fingerprint density at radius 1 is 1.21 bits per heavy atom. The smallest absolute Gasteiger partial charge is 0.317 e. The molecule has 0 saturated carbocycles. The van der Waals surface area contributed by atoms with Crippen molar-refractivity contribution in [3.8, 4) is 0 Å². The maximum atomic E-state index is 12.7. The number of halogens is 2. The predicted molar refractivity (Wildman–Crippen MR) is 95.1 cm³/mol. The molecule has 1 aliphatic rings. The van der Waals surface area contributed by atoms with Crippen molar-refractivity contribution in [3.05, 3.63) is 28.2 Å². The molecule has 9 heteroatoms. The minimum Gasteiger partial charge on any atom is -0.338 e. The third-order valence-corrected chi connectivity index (χ3v) is 6.46. The number of rotatable bonds is 5. The fourth-order valence-corrected chi connectivity index (χ4v) is 4.59. The molecular weight excluding hydrogens is 373 g/mol. The molecule has 0 aliphatic carbocycles. The van der Waals surface area contributed by atoms with Crippen molar-refractivity contribution in [2.24, 2.45) is 0 Å². The lowest BCUT2D eigenvalue weighted by molar-refractivity contribution is 0.172. The number of nitrogens with one attached hydrogen (secondary N) is 1. The maximum Gasteiger partial charge on any atom is 0.317 e. The van der Waals surface area contributed by atoms with Gasteiger partial charge in [-0.3, -0.25) is 0 Å². The van der Waals surface area contributed by atoms with Gasteiger partial charge in [0.15, 0.2) is 0 Å². The van der Waals surface area contributed by atoms with Gasteiger partial charge in [0, 0.05) is 37.7 Å². The first-order chi connectivity index (χ1) is 11.4. The fourth-order valence-electron chi connectivity index (χ4n) is 2.43. The third-order valence-electron chi connectivity index (χ3n) is 3.84. The van der Waals surface area contributed by atoms with E-state index in [1.807, 2.05) is 0 Å². The fraction of sp³-hybridized carbons (Fsp3) is 0.533. The quantitative estimate of drug-likeness (QED) is 0.781. The Hall–Kier alpha value is -1.02. The zero-order valence-corrected chi connectivity index (χ0v) is 15.8. The van der Waals surface area contributed by atoms with E-state index >= 15 is 0 Å². The van der Waals surface area contributed by atoms with E-state index in [0.29, 0.717) is 24.7 Å². The van der Waals surface area contributed by atoms with Gasteiger partial charge in [0.05, 0.1) is 5.02 Å². The number of benzene rings is 1. The Kier molecular flexibility index (Phi) is 6.74. The molecule has 2 rings (SSSR count). The van der Waals surface area contributed by atoms with Gasteiger partial charge in [-0.15, -0.1) is 0 Å². The van der Waals surface area contributed by atoms with Gasteiger partial charge in [0.2, 0.25) is 10.0 Å². The first-order valence-electron chi connectivity index (χ1n) is 7.84. The standard InChI is InChI=1S/C15H21Cl2N3O3S/c1-2-3-6-18-15(21)19-7-9-20(10-8-19)24(22,23)14-11-12(16)4-5-13(14)17/h4-5,11H,2-3,6-10H2,1H3,(H,18,21). The van der Waals surface area contributed by atoms with Crippen molar-refractivity contribution in [1.82, 2.24) is 14.5 Å². The Morgan fingerprint density at radius 2 is 1.88 bits per heavy atom. The second kappa shape index (κ2) is 8.38. The minimum absolute atomic E-state index is 0.00230. The van der Waals surface area contributed by atoms with Gasteiger partial charge in [-0.25, -0.2) is 13.2 Å². The molecule has 1 saturated heterocycles. The second-order valence-corrected chi connectivity index (χ2v) is 8.30.